The number of rotatable bonds is 6. The van der Waals surface area contributed by atoms with Crippen molar-refractivity contribution in [3.63, 3.8) is 0 Å². The predicted octanol–water partition coefficient (Wildman–Crippen LogP) is 4.18. The van der Waals surface area contributed by atoms with Crippen LogP contribution in [0.1, 0.15) is 26.3 Å². The summed E-state index contributed by atoms with van der Waals surface area (Å²) in [6.45, 7) is 11.8. The SMILES string of the molecule is [C+]#C[C@H](COCc1ccccc1)O[Si](C)(C)C(C)(C)C. The molecule has 0 spiro atoms. The van der Waals surface area contributed by atoms with Gasteiger partial charge in [0.1, 0.15) is 0 Å². The fraction of sp³-hybridized carbons (Fsp3) is 0.529. The molecule has 0 fully saturated rings. The zero-order valence-corrected chi connectivity index (χ0v) is 14.2. The molecule has 20 heavy (non-hydrogen) atoms. The van der Waals surface area contributed by atoms with Crippen LogP contribution in [0.4, 0.5) is 0 Å². The molecular formula is C17H25O2Si+. The van der Waals surface area contributed by atoms with Gasteiger partial charge in [0.25, 0.3) is 0 Å². The van der Waals surface area contributed by atoms with Crippen LogP contribution < -0.4 is 0 Å². The number of ether oxygens (including phenoxy) is 1. The van der Waals surface area contributed by atoms with Crippen LogP contribution >= 0.6 is 0 Å². The van der Waals surface area contributed by atoms with E-state index in [1.165, 1.54) is 0 Å². The zero-order valence-electron chi connectivity index (χ0n) is 13.2. The van der Waals surface area contributed by atoms with E-state index in [2.05, 4.69) is 39.8 Å². The molecule has 0 aliphatic heterocycles. The first-order valence-electron chi connectivity index (χ1n) is 6.98. The van der Waals surface area contributed by atoms with Crippen LogP contribution in [0.2, 0.25) is 18.1 Å². The second-order valence-corrected chi connectivity index (χ2v) is 11.3. The van der Waals surface area contributed by atoms with Crippen molar-refractivity contribution in [2.45, 2.75) is 51.6 Å². The van der Waals surface area contributed by atoms with Crippen LogP contribution in [-0.4, -0.2) is 21.0 Å². The molecule has 0 saturated carbocycles. The normalized spacial score (nSPS) is 13.9. The molecule has 0 saturated heterocycles. The first-order valence-corrected chi connectivity index (χ1v) is 9.89. The first-order chi connectivity index (χ1) is 9.26. The van der Waals surface area contributed by atoms with Gasteiger partial charge < -0.3 is 0 Å². The van der Waals surface area contributed by atoms with Gasteiger partial charge in [-0.2, -0.15) is 0 Å². The second-order valence-electron chi connectivity index (χ2n) is 6.51. The summed E-state index contributed by atoms with van der Waals surface area (Å²) in [6.07, 6.45) is 7.02. The van der Waals surface area contributed by atoms with E-state index in [-0.39, 0.29) is 11.1 Å². The summed E-state index contributed by atoms with van der Waals surface area (Å²) in [5, 5.41) is 0.127. The summed E-state index contributed by atoms with van der Waals surface area (Å²) in [4.78, 5) is 0. The molecule has 0 aromatic heterocycles. The van der Waals surface area contributed by atoms with Gasteiger partial charge >= 0.3 is 124 Å². The molecule has 1 atom stereocenters. The molecule has 0 bridgehead atoms. The molecule has 3 heteroatoms. The Kier molecular flexibility index (Phi) is 6.22. The van der Waals surface area contributed by atoms with Gasteiger partial charge in [0.15, 0.2) is 0 Å². The van der Waals surface area contributed by atoms with Crippen LogP contribution in [-0.2, 0) is 15.8 Å². The molecule has 0 aliphatic rings. The van der Waals surface area contributed by atoms with Gasteiger partial charge in [0.2, 0.25) is 0 Å². The average Bonchev–Trinajstić information content (AvgIpc) is 2.37. The van der Waals surface area contributed by atoms with E-state index in [4.69, 9.17) is 15.6 Å². The van der Waals surface area contributed by atoms with E-state index in [0.29, 0.717) is 13.2 Å². The number of benzene rings is 1. The third kappa shape index (κ3) is 5.26. The quantitative estimate of drug-likeness (QED) is 0.444. The van der Waals surface area contributed by atoms with E-state index in [1.807, 2.05) is 30.3 Å². The molecule has 1 aromatic rings. The van der Waals surface area contributed by atoms with Gasteiger partial charge in [0.05, 0.1) is 0 Å². The molecule has 2 nitrogen and oxygen atoms in total. The molecule has 0 aliphatic carbocycles. The standard InChI is InChI=1S/C17H25O2Si/c1-7-16(19-20(5,6)17(2,3)4)14-18-13-15-11-9-8-10-12-15/h8-12,16H,13-14H2,2-6H3/q+1/t16-/m1/s1. The predicted molar refractivity (Wildman–Crippen MR) is 85.3 cm³/mol. The Bertz CT molecular complexity index is 440. The van der Waals surface area contributed by atoms with Crippen LogP contribution in [0.25, 0.3) is 0 Å². The summed E-state index contributed by atoms with van der Waals surface area (Å²) < 4.78 is 11.8. The van der Waals surface area contributed by atoms with Crippen molar-refractivity contribution >= 4 is 8.32 Å². The van der Waals surface area contributed by atoms with E-state index >= 15 is 0 Å². The van der Waals surface area contributed by atoms with Gasteiger partial charge in [-0.05, 0) is 0 Å². The fourth-order valence-electron chi connectivity index (χ4n) is 1.50. The molecule has 0 heterocycles. The third-order valence-corrected chi connectivity index (χ3v) is 8.27. The molecule has 0 unspecified atom stereocenters. The minimum absolute atomic E-state index is 0.127. The maximum atomic E-state index is 7.39. The van der Waals surface area contributed by atoms with E-state index in [9.17, 15) is 0 Å². The van der Waals surface area contributed by atoms with E-state index in [0.717, 1.165) is 5.56 Å². The van der Waals surface area contributed by atoms with Crippen molar-refractivity contribution in [2.75, 3.05) is 6.61 Å². The van der Waals surface area contributed by atoms with Gasteiger partial charge in [0, 0.05) is 0 Å². The second kappa shape index (κ2) is 7.23. The van der Waals surface area contributed by atoms with Crippen molar-refractivity contribution in [2.24, 2.45) is 0 Å². The van der Waals surface area contributed by atoms with Gasteiger partial charge in [-0.1, -0.05) is 0 Å². The van der Waals surface area contributed by atoms with Crippen molar-refractivity contribution < 1.29 is 9.16 Å². The third-order valence-electron chi connectivity index (χ3n) is 3.78. The summed E-state index contributed by atoms with van der Waals surface area (Å²) in [6, 6.07) is 10.0. The van der Waals surface area contributed by atoms with Crippen LogP contribution in [0.15, 0.2) is 30.3 Å². The van der Waals surface area contributed by atoms with Crippen LogP contribution in [0.3, 0.4) is 0 Å². The van der Waals surface area contributed by atoms with Crippen molar-refractivity contribution in [1.82, 2.24) is 0 Å². The van der Waals surface area contributed by atoms with Crippen molar-refractivity contribution in [1.29, 1.82) is 0 Å². The Hall–Kier alpha value is -0.863. The topological polar surface area (TPSA) is 18.5 Å². The fourth-order valence-corrected chi connectivity index (χ4v) is 2.69. The molecular weight excluding hydrogens is 264 g/mol. The molecule has 108 valence electrons. The van der Waals surface area contributed by atoms with Crippen LogP contribution in [0.5, 0.6) is 0 Å². The Morgan fingerprint density at radius 2 is 1.80 bits per heavy atom. The Morgan fingerprint density at radius 3 is 2.30 bits per heavy atom. The Morgan fingerprint density at radius 1 is 1.20 bits per heavy atom. The number of hydrogen-bond acceptors (Lipinski definition) is 2. The van der Waals surface area contributed by atoms with Crippen molar-refractivity contribution in [3.8, 4) is 5.92 Å². The number of hydrogen-bond donors (Lipinski definition) is 0. The molecule has 1 aromatic carbocycles. The summed E-state index contributed by atoms with van der Waals surface area (Å²) in [7, 11) is -1.88. The summed E-state index contributed by atoms with van der Waals surface area (Å²) in [5.41, 5.74) is 1.13. The maximum absolute atomic E-state index is 7.39. The Labute approximate surface area is 124 Å². The molecule has 0 N–H and O–H groups in total. The van der Waals surface area contributed by atoms with Gasteiger partial charge in [-0.15, -0.1) is 0 Å². The molecule has 0 radical (unpaired) electrons. The van der Waals surface area contributed by atoms with E-state index in [1.54, 1.807) is 0 Å². The molecule has 0 amide bonds. The zero-order chi connectivity index (χ0) is 15.2. The van der Waals surface area contributed by atoms with Gasteiger partial charge in [-0.25, -0.2) is 0 Å². The monoisotopic (exact) mass is 289 g/mol. The molecule has 1 rings (SSSR count). The van der Waals surface area contributed by atoms with Crippen LogP contribution in [0, 0.1) is 12.3 Å². The summed E-state index contributed by atoms with van der Waals surface area (Å²) in [5.74, 6) is 2.45. The minimum atomic E-state index is -1.88. The van der Waals surface area contributed by atoms with Crippen molar-refractivity contribution in [3.05, 3.63) is 42.3 Å². The van der Waals surface area contributed by atoms with E-state index < -0.39 is 8.32 Å². The summed E-state index contributed by atoms with van der Waals surface area (Å²) >= 11 is 0. The Balaban J connectivity index is 2.47. The van der Waals surface area contributed by atoms with Gasteiger partial charge in [-0.3, -0.25) is 0 Å². The first kappa shape index (κ1) is 17.2. The average molecular weight is 289 g/mol.